The molecule has 0 aliphatic carbocycles. The van der Waals surface area contributed by atoms with E-state index >= 15 is 0 Å². The Morgan fingerprint density at radius 3 is 1.28 bits per heavy atom. The fraction of sp³-hybridized carbons (Fsp3) is 0.148. The van der Waals surface area contributed by atoms with Crippen molar-refractivity contribution in [1.82, 2.24) is 0 Å². The van der Waals surface area contributed by atoms with Crippen LogP contribution in [0.1, 0.15) is 68.7 Å². The third kappa shape index (κ3) is 5.90. The smallest absolute Gasteiger partial charge is 0.159 e. The molecule has 0 saturated heterocycles. The molecule has 12 rings (SSSR count). The standard InChI is InChI=1S/C61H50N2O2/c1-7-39-19-15-25-45-47-27-17-29-53(61(47)65-59(39)45)63(41-22-12-9-13-23-41)55-35-51(37(4)5)43-30-32-48-54(34-50(36(2)3)42-31-33-49(55)57(43)56(42)48)62(40-20-10-8-11-21-40)52-28-16-26-46-44-24-14-18-38(6)58(44)64-60(46)52/h8-37H,7H2,1-6H3. The Balaban J connectivity index is 1.20. The van der Waals surface area contributed by atoms with E-state index in [4.69, 9.17) is 8.83 Å². The number of para-hydroxylation sites is 6. The monoisotopic (exact) mass is 842 g/mol. The lowest BCUT2D eigenvalue weighted by Crippen LogP contribution is -2.13. The third-order valence-electron chi connectivity index (χ3n) is 13.8. The summed E-state index contributed by atoms with van der Waals surface area (Å²) in [7, 11) is 0. The van der Waals surface area contributed by atoms with Crippen molar-refractivity contribution in [1.29, 1.82) is 0 Å². The van der Waals surface area contributed by atoms with E-state index < -0.39 is 0 Å². The van der Waals surface area contributed by atoms with Gasteiger partial charge in [-0.05, 0) is 118 Å². The summed E-state index contributed by atoms with van der Waals surface area (Å²) in [6.45, 7) is 13.6. The highest BCUT2D eigenvalue weighted by Crippen LogP contribution is 2.53. The topological polar surface area (TPSA) is 32.8 Å². The quantitative estimate of drug-likeness (QED) is 0.136. The van der Waals surface area contributed by atoms with Crippen molar-refractivity contribution in [2.24, 2.45) is 0 Å². The van der Waals surface area contributed by atoms with E-state index in [1.807, 2.05) is 0 Å². The fourth-order valence-electron chi connectivity index (χ4n) is 10.7. The maximum Gasteiger partial charge on any atom is 0.159 e. The van der Waals surface area contributed by atoms with Gasteiger partial charge in [0.05, 0.1) is 22.7 Å². The van der Waals surface area contributed by atoms with Crippen molar-refractivity contribution in [3.05, 3.63) is 192 Å². The highest BCUT2D eigenvalue weighted by molar-refractivity contribution is 6.30. The zero-order valence-corrected chi connectivity index (χ0v) is 37.7. The molecule has 4 heteroatoms. The van der Waals surface area contributed by atoms with Gasteiger partial charge in [-0.3, -0.25) is 0 Å². The van der Waals surface area contributed by atoms with Crippen LogP contribution in [0.3, 0.4) is 0 Å². The summed E-state index contributed by atoms with van der Waals surface area (Å²) in [4.78, 5) is 4.88. The van der Waals surface area contributed by atoms with E-state index in [1.165, 1.54) is 49.0 Å². The minimum absolute atomic E-state index is 0.254. The highest BCUT2D eigenvalue weighted by atomic mass is 16.3. The lowest BCUT2D eigenvalue weighted by molar-refractivity contribution is 0.663. The Morgan fingerprint density at radius 2 is 0.800 bits per heavy atom. The van der Waals surface area contributed by atoms with Gasteiger partial charge in [-0.1, -0.05) is 156 Å². The Hall–Kier alpha value is -7.56. The van der Waals surface area contributed by atoms with Gasteiger partial charge in [0.2, 0.25) is 0 Å². The molecule has 0 saturated carbocycles. The number of rotatable bonds is 9. The molecule has 0 bridgehead atoms. The third-order valence-corrected chi connectivity index (χ3v) is 13.8. The number of benzene rings is 10. The van der Waals surface area contributed by atoms with Gasteiger partial charge in [0.25, 0.3) is 0 Å². The van der Waals surface area contributed by atoms with Crippen LogP contribution in [0.2, 0.25) is 0 Å². The van der Waals surface area contributed by atoms with Gasteiger partial charge in [0.1, 0.15) is 11.2 Å². The van der Waals surface area contributed by atoms with E-state index in [0.717, 1.165) is 90.0 Å². The van der Waals surface area contributed by atoms with Gasteiger partial charge in [0, 0.05) is 43.7 Å². The molecular weight excluding hydrogens is 793 g/mol. The van der Waals surface area contributed by atoms with E-state index in [1.54, 1.807) is 0 Å². The molecule has 2 heterocycles. The molecule has 316 valence electrons. The van der Waals surface area contributed by atoms with Crippen molar-refractivity contribution in [2.45, 2.75) is 59.8 Å². The molecule has 0 atom stereocenters. The van der Waals surface area contributed by atoms with Gasteiger partial charge in [-0.2, -0.15) is 0 Å². The fourth-order valence-corrected chi connectivity index (χ4v) is 10.7. The van der Waals surface area contributed by atoms with Crippen LogP contribution in [-0.4, -0.2) is 0 Å². The molecule has 0 aliphatic rings. The van der Waals surface area contributed by atoms with Gasteiger partial charge in [-0.25, -0.2) is 0 Å². The van der Waals surface area contributed by atoms with Crippen LogP contribution < -0.4 is 9.80 Å². The van der Waals surface area contributed by atoms with Crippen LogP contribution in [0.15, 0.2) is 179 Å². The number of anilines is 6. The molecule has 65 heavy (non-hydrogen) atoms. The molecule has 4 nitrogen and oxygen atoms in total. The maximum absolute atomic E-state index is 7.00. The summed E-state index contributed by atoms with van der Waals surface area (Å²) < 4.78 is 13.9. The summed E-state index contributed by atoms with van der Waals surface area (Å²) in [6.07, 6.45) is 0.900. The van der Waals surface area contributed by atoms with Crippen LogP contribution in [-0.2, 0) is 6.42 Å². The van der Waals surface area contributed by atoms with Gasteiger partial charge in [0.15, 0.2) is 11.2 Å². The SMILES string of the molecule is CCc1cccc2c1oc1c(N(c3ccccc3)c3cc(C(C)C)c4ccc5c(N(c6ccccc6)c6cccc7c6oc6c(C)cccc67)cc(C(C)C)c6ccc3c4c65)cccc12. The van der Waals surface area contributed by atoms with Crippen molar-refractivity contribution in [2.75, 3.05) is 9.80 Å². The molecule has 0 N–H and O–H groups in total. The summed E-state index contributed by atoms with van der Waals surface area (Å²) in [6, 6.07) is 62.2. The number of aryl methyl sites for hydroxylation is 2. The lowest BCUT2D eigenvalue weighted by Gasteiger charge is -2.31. The first kappa shape index (κ1) is 39.1. The minimum atomic E-state index is 0.254. The Bertz CT molecular complexity index is 3780. The molecule has 0 radical (unpaired) electrons. The zero-order chi connectivity index (χ0) is 44.1. The molecule has 10 aromatic carbocycles. The number of hydrogen-bond acceptors (Lipinski definition) is 4. The van der Waals surface area contributed by atoms with Gasteiger partial charge in [-0.15, -0.1) is 0 Å². The molecule has 0 unspecified atom stereocenters. The van der Waals surface area contributed by atoms with Gasteiger partial charge >= 0.3 is 0 Å². The van der Waals surface area contributed by atoms with Crippen molar-refractivity contribution >= 4 is 110 Å². The molecule has 0 amide bonds. The van der Waals surface area contributed by atoms with Crippen LogP contribution in [0.5, 0.6) is 0 Å². The van der Waals surface area contributed by atoms with E-state index in [0.29, 0.717) is 0 Å². The molecule has 0 spiro atoms. The Morgan fingerprint density at radius 1 is 0.385 bits per heavy atom. The maximum atomic E-state index is 7.00. The number of furan rings is 2. The van der Waals surface area contributed by atoms with Crippen molar-refractivity contribution in [3.8, 4) is 0 Å². The highest BCUT2D eigenvalue weighted by Gasteiger charge is 2.28. The van der Waals surface area contributed by atoms with Crippen molar-refractivity contribution < 1.29 is 8.83 Å². The van der Waals surface area contributed by atoms with E-state index in [9.17, 15) is 0 Å². The normalized spacial score (nSPS) is 12.2. The lowest BCUT2D eigenvalue weighted by atomic mass is 9.84. The first-order chi connectivity index (χ1) is 31.8. The summed E-state index contributed by atoms with van der Waals surface area (Å²) in [5.74, 6) is 0.508. The van der Waals surface area contributed by atoms with Crippen molar-refractivity contribution in [3.63, 3.8) is 0 Å². The molecule has 0 fully saturated rings. The number of hydrogen-bond donors (Lipinski definition) is 0. The Labute approximate surface area is 379 Å². The Kier molecular flexibility index (Phi) is 9.03. The molecule has 12 aromatic rings. The van der Waals surface area contributed by atoms with Gasteiger partial charge < -0.3 is 18.6 Å². The predicted molar refractivity (Wildman–Crippen MR) is 276 cm³/mol. The second-order valence-corrected chi connectivity index (χ2v) is 18.3. The van der Waals surface area contributed by atoms with Crippen LogP contribution in [0.25, 0.3) is 76.2 Å². The minimum Gasteiger partial charge on any atom is -0.454 e. The average molecular weight is 843 g/mol. The summed E-state index contributed by atoms with van der Waals surface area (Å²) in [5.41, 5.74) is 15.1. The zero-order valence-electron chi connectivity index (χ0n) is 37.7. The number of fused-ring (bicyclic) bond motifs is 6. The first-order valence-corrected chi connectivity index (χ1v) is 23.1. The van der Waals surface area contributed by atoms with Crippen LogP contribution in [0.4, 0.5) is 34.1 Å². The van der Waals surface area contributed by atoms with E-state index in [-0.39, 0.29) is 11.8 Å². The van der Waals surface area contributed by atoms with E-state index in [2.05, 4.69) is 221 Å². The summed E-state index contributed by atoms with van der Waals surface area (Å²) >= 11 is 0. The number of nitrogens with zero attached hydrogens (tertiary/aromatic N) is 2. The predicted octanol–water partition coefficient (Wildman–Crippen LogP) is 18.4. The second kappa shape index (κ2) is 15.0. The van der Waals surface area contributed by atoms with Crippen LogP contribution >= 0.6 is 0 Å². The van der Waals surface area contributed by atoms with Crippen LogP contribution in [0, 0.1) is 6.92 Å². The summed E-state index contributed by atoms with van der Waals surface area (Å²) in [5, 5.41) is 12.0. The first-order valence-electron chi connectivity index (χ1n) is 23.1. The second-order valence-electron chi connectivity index (χ2n) is 18.3. The molecule has 2 aromatic heterocycles. The molecular formula is C61H50N2O2. The molecule has 0 aliphatic heterocycles. The average Bonchev–Trinajstić information content (AvgIpc) is 3.92. The largest absolute Gasteiger partial charge is 0.454 e.